The Morgan fingerprint density at radius 3 is 1.61 bits per heavy atom. The predicted molar refractivity (Wildman–Crippen MR) is 75.9 cm³/mol. The molecule has 0 saturated heterocycles. The van der Waals surface area contributed by atoms with Crippen molar-refractivity contribution in [1.82, 2.24) is 0 Å². The Morgan fingerprint density at radius 1 is 1.00 bits per heavy atom. The zero-order chi connectivity index (χ0) is 14.4. The minimum Gasteiger partial charge on any atom is -0.377 e. The smallest absolute Gasteiger partial charge is 0.377 e. The Bertz CT molecular complexity index is 319. The summed E-state index contributed by atoms with van der Waals surface area (Å²) in [6.45, 7) is 9.30. The average molecular weight is 268 g/mol. The van der Waals surface area contributed by atoms with Crippen molar-refractivity contribution in [2.45, 2.75) is 58.3 Å². The topological polar surface area (TPSA) is 27.7 Å². The zero-order valence-electron chi connectivity index (χ0n) is 12.3. The lowest BCUT2D eigenvalue weighted by molar-refractivity contribution is -0.0108. The molecule has 18 heavy (non-hydrogen) atoms. The molecule has 0 atom stereocenters. The summed E-state index contributed by atoms with van der Waals surface area (Å²) in [4.78, 5) is 0. The first-order valence-electron chi connectivity index (χ1n) is 6.07. The molecule has 0 saturated carbocycles. The molecule has 0 spiro atoms. The van der Waals surface area contributed by atoms with Crippen LogP contribution in [-0.2, 0) is 13.3 Å². The average Bonchev–Trinajstić information content (AvgIpc) is 2.28. The second-order valence-electron chi connectivity index (χ2n) is 5.15. The third kappa shape index (κ3) is 5.24. The maximum absolute atomic E-state index is 5.96. The normalized spacial score (nSPS) is 12.9. The van der Waals surface area contributed by atoms with Gasteiger partial charge in [0.2, 0.25) is 0 Å². The van der Waals surface area contributed by atoms with Crippen molar-refractivity contribution in [3.63, 3.8) is 0 Å². The van der Waals surface area contributed by atoms with Crippen LogP contribution in [0.15, 0.2) is 0 Å². The quantitative estimate of drug-likeness (QED) is 0.525. The van der Waals surface area contributed by atoms with E-state index in [1.165, 1.54) is 0 Å². The van der Waals surface area contributed by atoms with Gasteiger partial charge in [-0.2, -0.15) is 0 Å². The first-order chi connectivity index (χ1) is 8.16. The lowest BCUT2D eigenvalue weighted by Crippen LogP contribution is -2.54. The van der Waals surface area contributed by atoms with Crippen molar-refractivity contribution < 1.29 is 13.3 Å². The number of hydrogen-bond donors (Lipinski definition) is 0. The standard InChI is InChI=1S/C14H24O3Si/c1-9-12-18(15-8,16-13(4,5)10-2)17-14(6,7)11-3/h2-3H,9,12H2,1,4-8H3. The molecule has 0 unspecified atom stereocenters. The van der Waals surface area contributed by atoms with E-state index in [-0.39, 0.29) is 0 Å². The molecule has 0 rings (SSSR count). The van der Waals surface area contributed by atoms with Gasteiger partial charge in [-0.15, -0.1) is 12.8 Å². The van der Waals surface area contributed by atoms with Crippen LogP contribution in [0.25, 0.3) is 0 Å². The summed E-state index contributed by atoms with van der Waals surface area (Å²) in [5, 5.41) is 0. The van der Waals surface area contributed by atoms with Crippen molar-refractivity contribution >= 4 is 8.80 Å². The fourth-order valence-electron chi connectivity index (χ4n) is 1.45. The van der Waals surface area contributed by atoms with E-state index in [2.05, 4.69) is 11.8 Å². The molecule has 102 valence electrons. The van der Waals surface area contributed by atoms with Crippen LogP contribution in [-0.4, -0.2) is 27.1 Å². The summed E-state index contributed by atoms with van der Waals surface area (Å²) >= 11 is 0. The maximum Gasteiger partial charge on any atom is 0.502 e. The molecular formula is C14H24O3Si. The summed E-state index contributed by atoms with van der Waals surface area (Å²) in [6, 6.07) is 0.680. The highest BCUT2D eigenvalue weighted by Gasteiger charge is 2.47. The number of terminal acetylenes is 2. The van der Waals surface area contributed by atoms with Crippen LogP contribution in [0.3, 0.4) is 0 Å². The van der Waals surface area contributed by atoms with Crippen LogP contribution >= 0.6 is 0 Å². The van der Waals surface area contributed by atoms with Crippen molar-refractivity contribution in [3.8, 4) is 24.7 Å². The van der Waals surface area contributed by atoms with Crippen molar-refractivity contribution in [2.24, 2.45) is 0 Å². The Hall–Kier alpha value is -0.783. The van der Waals surface area contributed by atoms with E-state index in [0.717, 1.165) is 6.42 Å². The van der Waals surface area contributed by atoms with Gasteiger partial charge in [0.1, 0.15) is 11.2 Å². The fraction of sp³-hybridized carbons (Fsp3) is 0.714. The van der Waals surface area contributed by atoms with Gasteiger partial charge >= 0.3 is 8.80 Å². The van der Waals surface area contributed by atoms with Gasteiger partial charge in [0.05, 0.1) is 0 Å². The molecule has 0 fully saturated rings. The van der Waals surface area contributed by atoms with E-state index in [1.807, 2.05) is 34.6 Å². The third-order valence-electron chi connectivity index (χ3n) is 2.38. The summed E-state index contributed by atoms with van der Waals surface area (Å²) in [5.74, 6) is 5.19. The largest absolute Gasteiger partial charge is 0.502 e. The second-order valence-corrected chi connectivity index (χ2v) is 7.83. The molecule has 0 bridgehead atoms. The first kappa shape index (κ1) is 17.2. The Labute approximate surface area is 113 Å². The SMILES string of the molecule is C#CC(C)(C)O[Si](CCC)(OC)OC(C)(C)C#C. The molecule has 0 aliphatic heterocycles. The minimum absolute atomic E-state index is 0.680. The van der Waals surface area contributed by atoms with E-state index in [4.69, 9.17) is 26.1 Å². The monoisotopic (exact) mass is 268 g/mol. The van der Waals surface area contributed by atoms with Crippen molar-refractivity contribution in [1.29, 1.82) is 0 Å². The summed E-state index contributed by atoms with van der Waals surface area (Å²) in [7, 11) is -1.28. The number of rotatable bonds is 7. The second kappa shape index (κ2) is 6.40. The highest BCUT2D eigenvalue weighted by Crippen LogP contribution is 2.28. The summed E-state index contributed by atoms with van der Waals surface area (Å²) < 4.78 is 17.5. The van der Waals surface area contributed by atoms with Crippen LogP contribution in [0.4, 0.5) is 0 Å². The van der Waals surface area contributed by atoms with Crippen LogP contribution in [0.5, 0.6) is 0 Å². The van der Waals surface area contributed by atoms with E-state index in [1.54, 1.807) is 7.11 Å². The van der Waals surface area contributed by atoms with Gasteiger partial charge in [-0.25, -0.2) is 0 Å². The van der Waals surface area contributed by atoms with Gasteiger partial charge < -0.3 is 13.3 Å². The Balaban J connectivity index is 5.19. The summed E-state index contributed by atoms with van der Waals surface area (Å²) in [6.07, 6.45) is 11.8. The van der Waals surface area contributed by atoms with Crippen LogP contribution in [0, 0.1) is 24.7 Å². The van der Waals surface area contributed by atoms with Gasteiger partial charge in [-0.05, 0) is 27.7 Å². The fourth-order valence-corrected chi connectivity index (χ4v) is 4.35. The van der Waals surface area contributed by atoms with Gasteiger partial charge in [0.15, 0.2) is 0 Å². The van der Waals surface area contributed by atoms with E-state index < -0.39 is 20.0 Å². The molecule has 0 amide bonds. The van der Waals surface area contributed by atoms with Gasteiger partial charge in [-0.1, -0.05) is 25.2 Å². The third-order valence-corrected chi connectivity index (χ3v) is 5.76. The summed E-state index contributed by atoms with van der Waals surface area (Å²) in [5.41, 5.74) is -1.47. The van der Waals surface area contributed by atoms with Crippen LogP contribution in [0.2, 0.25) is 6.04 Å². The highest BCUT2D eigenvalue weighted by atomic mass is 28.4. The van der Waals surface area contributed by atoms with Crippen LogP contribution < -0.4 is 0 Å². The van der Waals surface area contributed by atoms with E-state index in [9.17, 15) is 0 Å². The molecule has 0 radical (unpaired) electrons. The van der Waals surface area contributed by atoms with Crippen molar-refractivity contribution in [3.05, 3.63) is 0 Å². The Kier molecular flexibility index (Phi) is 6.12. The highest BCUT2D eigenvalue weighted by molar-refractivity contribution is 6.61. The molecule has 0 aromatic carbocycles. The maximum atomic E-state index is 5.96. The van der Waals surface area contributed by atoms with E-state index in [0.29, 0.717) is 6.04 Å². The molecule has 0 heterocycles. The zero-order valence-corrected chi connectivity index (χ0v) is 13.3. The lowest BCUT2D eigenvalue weighted by Gasteiger charge is -2.37. The van der Waals surface area contributed by atoms with E-state index >= 15 is 0 Å². The molecule has 0 aliphatic rings. The molecule has 0 N–H and O–H groups in total. The minimum atomic E-state index is -2.87. The molecular weight excluding hydrogens is 244 g/mol. The molecule has 0 aromatic heterocycles. The number of hydrogen-bond acceptors (Lipinski definition) is 3. The lowest BCUT2D eigenvalue weighted by atomic mass is 10.2. The van der Waals surface area contributed by atoms with Crippen LogP contribution in [0.1, 0.15) is 41.0 Å². The van der Waals surface area contributed by atoms with Gasteiger partial charge in [-0.3, -0.25) is 0 Å². The van der Waals surface area contributed by atoms with Gasteiger partial charge in [0, 0.05) is 13.2 Å². The Morgan fingerprint density at radius 2 is 1.39 bits per heavy atom. The molecule has 3 nitrogen and oxygen atoms in total. The van der Waals surface area contributed by atoms with Gasteiger partial charge in [0.25, 0.3) is 0 Å². The predicted octanol–water partition coefficient (Wildman–Crippen LogP) is 2.84. The molecule has 0 aliphatic carbocycles. The molecule has 0 aromatic rings. The van der Waals surface area contributed by atoms with Crippen molar-refractivity contribution in [2.75, 3.05) is 7.11 Å². The first-order valence-corrected chi connectivity index (χ1v) is 8.00. The molecule has 4 heteroatoms.